The molecule has 1 heterocycles. The molecule has 0 N–H and O–H groups in total. The first-order valence-electron chi connectivity index (χ1n) is 4.73. The van der Waals surface area contributed by atoms with Gasteiger partial charge in [-0.15, -0.1) is 0 Å². The first kappa shape index (κ1) is 7.90. The number of likely N-dealkylation sites (tertiary alicyclic amines) is 1. The molecule has 0 unspecified atom stereocenters. The molecule has 1 spiro atoms. The van der Waals surface area contributed by atoms with E-state index in [1.807, 2.05) is 11.8 Å². The highest BCUT2D eigenvalue weighted by atomic mass is 16.6. The second kappa shape index (κ2) is 2.64. The first-order chi connectivity index (χ1) is 5.78. The van der Waals surface area contributed by atoms with Crippen LogP contribution in [0.4, 0.5) is 4.79 Å². The minimum Gasteiger partial charge on any atom is -0.450 e. The van der Waals surface area contributed by atoms with Crippen molar-refractivity contribution in [3.05, 3.63) is 0 Å². The van der Waals surface area contributed by atoms with Gasteiger partial charge < -0.3 is 9.64 Å². The van der Waals surface area contributed by atoms with Gasteiger partial charge in [0.2, 0.25) is 0 Å². The SMILES string of the molecule is CCOC(=O)N1CCC12CCC2. The Morgan fingerprint density at radius 1 is 1.50 bits per heavy atom. The molecule has 0 aromatic carbocycles. The van der Waals surface area contributed by atoms with E-state index in [0.717, 1.165) is 6.54 Å². The lowest BCUT2D eigenvalue weighted by atomic mass is 9.68. The van der Waals surface area contributed by atoms with Crippen LogP contribution >= 0.6 is 0 Å². The Balaban J connectivity index is 1.92. The molecule has 68 valence electrons. The van der Waals surface area contributed by atoms with Crippen molar-refractivity contribution in [1.29, 1.82) is 0 Å². The van der Waals surface area contributed by atoms with Gasteiger partial charge in [-0.25, -0.2) is 4.79 Å². The standard InChI is InChI=1S/C9H15NO2/c1-2-12-8(11)10-7-6-9(10)4-3-5-9/h2-7H2,1H3. The van der Waals surface area contributed by atoms with Crippen LogP contribution in [-0.2, 0) is 4.74 Å². The third-order valence-electron chi connectivity index (χ3n) is 3.15. The molecule has 1 saturated heterocycles. The molecule has 2 rings (SSSR count). The van der Waals surface area contributed by atoms with Gasteiger partial charge in [-0.1, -0.05) is 0 Å². The van der Waals surface area contributed by atoms with Crippen molar-refractivity contribution in [2.45, 2.75) is 38.1 Å². The van der Waals surface area contributed by atoms with Gasteiger partial charge in [-0.2, -0.15) is 0 Å². The second-order valence-electron chi connectivity index (χ2n) is 3.68. The first-order valence-corrected chi connectivity index (χ1v) is 4.73. The molecule has 0 radical (unpaired) electrons. The summed E-state index contributed by atoms with van der Waals surface area (Å²) < 4.78 is 4.96. The summed E-state index contributed by atoms with van der Waals surface area (Å²) >= 11 is 0. The molecular weight excluding hydrogens is 154 g/mol. The Kier molecular flexibility index (Phi) is 1.74. The Labute approximate surface area is 72.7 Å². The largest absolute Gasteiger partial charge is 0.450 e. The van der Waals surface area contributed by atoms with E-state index in [9.17, 15) is 4.79 Å². The zero-order valence-electron chi connectivity index (χ0n) is 7.51. The van der Waals surface area contributed by atoms with Crippen molar-refractivity contribution in [3.8, 4) is 0 Å². The van der Waals surface area contributed by atoms with Crippen LogP contribution in [0.3, 0.4) is 0 Å². The normalized spacial score (nSPS) is 24.6. The van der Waals surface area contributed by atoms with Crippen molar-refractivity contribution < 1.29 is 9.53 Å². The predicted octanol–water partition coefficient (Wildman–Crippen LogP) is 1.77. The fourth-order valence-electron chi connectivity index (χ4n) is 2.13. The van der Waals surface area contributed by atoms with E-state index in [0.29, 0.717) is 6.61 Å². The maximum atomic E-state index is 11.3. The molecule has 3 heteroatoms. The molecule has 1 aliphatic carbocycles. The zero-order chi connectivity index (χ0) is 8.60. The number of carbonyl (C=O) groups excluding carboxylic acids is 1. The third-order valence-corrected chi connectivity index (χ3v) is 3.15. The van der Waals surface area contributed by atoms with Gasteiger partial charge in [0.05, 0.1) is 6.61 Å². The molecule has 2 aliphatic rings. The molecule has 0 aromatic heterocycles. The Bertz CT molecular complexity index is 193. The molecule has 12 heavy (non-hydrogen) atoms. The van der Waals surface area contributed by atoms with Gasteiger partial charge in [-0.3, -0.25) is 0 Å². The smallest absolute Gasteiger partial charge is 0.410 e. The number of hydrogen-bond donors (Lipinski definition) is 0. The summed E-state index contributed by atoms with van der Waals surface area (Å²) in [6.45, 7) is 3.25. The van der Waals surface area contributed by atoms with Gasteiger partial charge in [0, 0.05) is 12.1 Å². The van der Waals surface area contributed by atoms with E-state index in [2.05, 4.69) is 0 Å². The minimum atomic E-state index is -0.108. The summed E-state index contributed by atoms with van der Waals surface area (Å²) in [7, 11) is 0. The third kappa shape index (κ3) is 0.919. The maximum absolute atomic E-state index is 11.3. The number of amides is 1. The van der Waals surface area contributed by atoms with Gasteiger partial charge in [-0.05, 0) is 32.6 Å². The van der Waals surface area contributed by atoms with E-state index >= 15 is 0 Å². The number of nitrogens with zero attached hydrogens (tertiary/aromatic N) is 1. The van der Waals surface area contributed by atoms with Gasteiger partial charge >= 0.3 is 6.09 Å². The van der Waals surface area contributed by atoms with E-state index in [1.165, 1.54) is 25.7 Å². The molecule has 1 saturated carbocycles. The van der Waals surface area contributed by atoms with E-state index in [1.54, 1.807) is 0 Å². The van der Waals surface area contributed by atoms with Crippen LogP contribution in [0.5, 0.6) is 0 Å². The van der Waals surface area contributed by atoms with Crippen LogP contribution < -0.4 is 0 Å². The van der Waals surface area contributed by atoms with E-state index in [-0.39, 0.29) is 11.6 Å². The van der Waals surface area contributed by atoms with Crippen molar-refractivity contribution in [2.75, 3.05) is 13.2 Å². The topological polar surface area (TPSA) is 29.5 Å². The fourth-order valence-corrected chi connectivity index (χ4v) is 2.13. The lowest BCUT2D eigenvalue weighted by Gasteiger charge is -2.57. The van der Waals surface area contributed by atoms with Crippen molar-refractivity contribution >= 4 is 6.09 Å². The van der Waals surface area contributed by atoms with Crippen LogP contribution in [0, 0.1) is 0 Å². The van der Waals surface area contributed by atoms with Crippen LogP contribution in [0.15, 0.2) is 0 Å². The Morgan fingerprint density at radius 3 is 2.58 bits per heavy atom. The number of hydrogen-bond acceptors (Lipinski definition) is 2. The summed E-state index contributed by atoms with van der Waals surface area (Å²) in [5.41, 5.74) is 0.242. The van der Waals surface area contributed by atoms with Crippen molar-refractivity contribution in [3.63, 3.8) is 0 Å². The summed E-state index contributed by atoms with van der Waals surface area (Å²) in [6, 6.07) is 0. The highest BCUT2D eigenvalue weighted by Gasteiger charge is 2.51. The Hall–Kier alpha value is -0.730. The molecule has 0 aromatic rings. The number of ether oxygens (including phenoxy) is 1. The monoisotopic (exact) mass is 169 g/mol. The zero-order valence-corrected chi connectivity index (χ0v) is 7.51. The fraction of sp³-hybridized carbons (Fsp3) is 0.889. The molecule has 1 amide bonds. The lowest BCUT2D eigenvalue weighted by Crippen LogP contribution is -2.65. The summed E-state index contributed by atoms with van der Waals surface area (Å²) in [6.07, 6.45) is 4.72. The molecule has 0 bridgehead atoms. The molecule has 2 fully saturated rings. The molecular formula is C9H15NO2. The second-order valence-corrected chi connectivity index (χ2v) is 3.68. The van der Waals surface area contributed by atoms with Gasteiger partial charge in [0.15, 0.2) is 0 Å². The molecule has 1 aliphatic heterocycles. The summed E-state index contributed by atoms with van der Waals surface area (Å²) in [5.74, 6) is 0. The minimum absolute atomic E-state index is 0.108. The van der Waals surface area contributed by atoms with Crippen LogP contribution in [0.2, 0.25) is 0 Å². The van der Waals surface area contributed by atoms with E-state index in [4.69, 9.17) is 4.74 Å². The molecule has 0 atom stereocenters. The van der Waals surface area contributed by atoms with Gasteiger partial charge in [0.25, 0.3) is 0 Å². The van der Waals surface area contributed by atoms with Crippen LogP contribution in [-0.4, -0.2) is 29.7 Å². The average Bonchev–Trinajstić information content (AvgIpc) is 1.81. The van der Waals surface area contributed by atoms with Crippen molar-refractivity contribution in [2.24, 2.45) is 0 Å². The van der Waals surface area contributed by atoms with Crippen molar-refractivity contribution in [1.82, 2.24) is 4.90 Å². The average molecular weight is 169 g/mol. The van der Waals surface area contributed by atoms with Crippen LogP contribution in [0.1, 0.15) is 32.6 Å². The predicted molar refractivity (Wildman–Crippen MR) is 44.9 cm³/mol. The quantitative estimate of drug-likeness (QED) is 0.598. The summed E-state index contributed by atoms with van der Waals surface area (Å²) in [4.78, 5) is 13.2. The lowest BCUT2D eigenvalue weighted by molar-refractivity contribution is -0.0603. The molecule has 3 nitrogen and oxygen atoms in total. The van der Waals surface area contributed by atoms with Gasteiger partial charge in [0.1, 0.15) is 0 Å². The highest BCUT2D eigenvalue weighted by molar-refractivity contribution is 5.70. The Morgan fingerprint density at radius 2 is 2.25 bits per heavy atom. The maximum Gasteiger partial charge on any atom is 0.410 e. The highest BCUT2D eigenvalue weighted by Crippen LogP contribution is 2.47. The van der Waals surface area contributed by atoms with E-state index < -0.39 is 0 Å². The summed E-state index contributed by atoms with van der Waals surface area (Å²) in [5, 5.41) is 0. The van der Waals surface area contributed by atoms with Crippen LogP contribution in [0.25, 0.3) is 0 Å². The number of carbonyl (C=O) groups is 1. The number of rotatable bonds is 1.